The summed E-state index contributed by atoms with van der Waals surface area (Å²) in [6, 6.07) is 10.3. The highest BCUT2D eigenvalue weighted by Gasteiger charge is 2.22. The standard InChI is InChI=1S/C16H21N3O/c1-12-14(11-17-19-12)15(20)18-16(2,3)10-9-13-7-5-4-6-8-13/h4-8,11H,9-10H2,1-3H3,(H,17,19)(H,18,20). The predicted molar refractivity (Wildman–Crippen MR) is 79.6 cm³/mol. The van der Waals surface area contributed by atoms with Crippen LogP contribution in [0.3, 0.4) is 0 Å². The fraction of sp³-hybridized carbons (Fsp3) is 0.375. The van der Waals surface area contributed by atoms with E-state index < -0.39 is 0 Å². The summed E-state index contributed by atoms with van der Waals surface area (Å²) in [5.41, 5.74) is 2.44. The van der Waals surface area contributed by atoms with Crippen molar-refractivity contribution in [2.45, 2.75) is 39.2 Å². The van der Waals surface area contributed by atoms with Crippen molar-refractivity contribution in [1.82, 2.24) is 15.5 Å². The second kappa shape index (κ2) is 5.90. The SMILES string of the molecule is Cc1[nH]ncc1C(=O)NC(C)(C)CCc1ccccc1. The zero-order valence-corrected chi connectivity index (χ0v) is 12.2. The van der Waals surface area contributed by atoms with Gasteiger partial charge in [-0.2, -0.15) is 5.10 Å². The molecule has 0 saturated heterocycles. The molecular formula is C16H21N3O. The van der Waals surface area contributed by atoms with Crippen LogP contribution >= 0.6 is 0 Å². The minimum absolute atomic E-state index is 0.0747. The van der Waals surface area contributed by atoms with Gasteiger partial charge in [-0.15, -0.1) is 0 Å². The van der Waals surface area contributed by atoms with E-state index in [-0.39, 0.29) is 11.4 Å². The highest BCUT2D eigenvalue weighted by molar-refractivity contribution is 5.95. The summed E-state index contributed by atoms with van der Waals surface area (Å²) in [5.74, 6) is -0.0747. The third-order valence-electron chi connectivity index (χ3n) is 3.41. The van der Waals surface area contributed by atoms with E-state index in [9.17, 15) is 4.79 Å². The summed E-state index contributed by atoms with van der Waals surface area (Å²) < 4.78 is 0. The van der Waals surface area contributed by atoms with Crippen LogP contribution in [-0.4, -0.2) is 21.6 Å². The first kappa shape index (κ1) is 14.3. The third kappa shape index (κ3) is 3.70. The van der Waals surface area contributed by atoms with Crippen molar-refractivity contribution in [1.29, 1.82) is 0 Å². The molecule has 1 amide bonds. The maximum Gasteiger partial charge on any atom is 0.255 e. The van der Waals surface area contributed by atoms with Crippen LogP contribution in [0.2, 0.25) is 0 Å². The van der Waals surface area contributed by atoms with Crippen molar-refractivity contribution in [3.63, 3.8) is 0 Å². The number of nitrogens with one attached hydrogen (secondary N) is 2. The lowest BCUT2D eigenvalue weighted by Gasteiger charge is -2.26. The minimum Gasteiger partial charge on any atom is -0.347 e. The molecule has 4 nitrogen and oxygen atoms in total. The van der Waals surface area contributed by atoms with E-state index in [1.807, 2.05) is 39.0 Å². The van der Waals surface area contributed by atoms with Crippen LogP contribution < -0.4 is 5.32 Å². The molecular weight excluding hydrogens is 250 g/mol. The van der Waals surface area contributed by atoms with Gasteiger partial charge in [-0.3, -0.25) is 9.89 Å². The fourth-order valence-electron chi connectivity index (χ4n) is 2.12. The Balaban J connectivity index is 1.94. The lowest BCUT2D eigenvalue weighted by molar-refractivity contribution is 0.0909. The van der Waals surface area contributed by atoms with Crippen LogP contribution in [0.4, 0.5) is 0 Å². The molecule has 1 aromatic carbocycles. The summed E-state index contributed by atoms with van der Waals surface area (Å²) in [5, 5.41) is 9.73. The molecule has 4 heteroatoms. The van der Waals surface area contributed by atoms with E-state index in [0.717, 1.165) is 18.5 Å². The van der Waals surface area contributed by atoms with Crippen LogP contribution in [0.5, 0.6) is 0 Å². The van der Waals surface area contributed by atoms with Crippen molar-refractivity contribution >= 4 is 5.91 Å². The van der Waals surface area contributed by atoms with E-state index >= 15 is 0 Å². The molecule has 0 aliphatic heterocycles. The van der Waals surface area contributed by atoms with Gasteiger partial charge in [0.2, 0.25) is 0 Å². The van der Waals surface area contributed by atoms with E-state index in [4.69, 9.17) is 0 Å². The van der Waals surface area contributed by atoms with Crippen molar-refractivity contribution in [3.05, 3.63) is 53.3 Å². The Hall–Kier alpha value is -2.10. The average molecular weight is 271 g/mol. The summed E-state index contributed by atoms with van der Waals surface area (Å²) in [7, 11) is 0. The molecule has 2 rings (SSSR count). The van der Waals surface area contributed by atoms with Crippen molar-refractivity contribution in [2.75, 3.05) is 0 Å². The van der Waals surface area contributed by atoms with Gasteiger partial charge in [-0.1, -0.05) is 30.3 Å². The van der Waals surface area contributed by atoms with Gasteiger partial charge in [0.1, 0.15) is 0 Å². The van der Waals surface area contributed by atoms with Crippen molar-refractivity contribution in [2.24, 2.45) is 0 Å². The Morgan fingerprint density at radius 3 is 2.60 bits per heavy atom. The molecule has 2 N–H and O–H groups in total. The zero-order valence-electron chi connectivity index (χ0n) is 12.2. The van der Waals surface area contributed by atoms with Gasteiger partial charge in [0.25, 0.3) is 5.91 Å². The fourth-order valence-corrected chi connectivity index (χ4v) is 2.12. The molecule has 1 aromatic heterocycles. The van der Waals surface area contributed by atoms with Gasteiger partial charge in [0, 0.05) is 11.2 Å². The summed E-state index contributed by atoms with van der Waals surface area (Å²) in [6.07, 6.45) is 3.40. The number of aromatic amines is 1. The first-order valence-electron chi connectivity index (χ1n) is 6.84. The van der Waals surface area contributed by atoms with E-state index in [1.54, 1.807) is 6.20 Å². The number of carbonyl (C=O) groups excluding carboxylic acids is 1. The monoisotopic (exact) mass is 271 g/mol. The van der Waals surface area contributed by atoms with Crippen LogP contribution in [0.25, 0.3) is 0 Å². The lowest BCUT2D eigenvalue weighted by atomic mass is 9.95. The number of aryl methyl sites for hydroxylation is 2. The largest absolute Gasteiger partial charge is 0.347 e. The van der Waals surface area contributed by atoms with Gasteiger partial charge in [0.15, 0.2) is 0 Å². The number of rotatable bonds is 5. The van der Waals surface area contributed by atoms with Gasteiger partial charge in [0.05, 0.1) is 11.8 Å². The molecule has 0 spiro atoms. The smallest absolute Gasteiger partial charge is 0.255 e. The third-order valence-corrected chi connectivity index (χ3v) is 3.41. The number of hydrogen-bond donors (Lipinski definition) is 2. The molecule has 0 radical (unpaired) electrons. The highest BCUT2D eigenvalue weighted by atomic mass is 16.1. The molecule has 0 saturated carbocycles. The molecule has 0 aliphatic rings. The first-order chi connectivity index (χ1) is 9.48. The second-order valence-electron chi connectivity index (χ2n) is 5.73. The minimum atomic E-state index is -0.253. The number of amides is 1. The van der Waals surface area contributed by atoms with Crippen molar-refractivity contribution in [3.8, 4) is 0 Å². The molecule has 0 atom stereocenters. The van der Waals surface area contributed by atoms with Crippen molar-refractivity contribution < 1.29 is 4.79 Å². The molecule has 1 heterocycles. The highest BCUT2D eigenvalue weighted by Crippen LogP contribution is 2.15. The molecule has 0 aliphatic carbocycles. The summed E-state index contributed by atoms with van der Waals surface area (Å²) in [4.78, 5) is 12.2. The van der Waals surface area contributed by atoms with Gasteiger partial charge in [-0.05, 0) is 39.2 Å². The number of benzene rings is 1. The topological polar surface area (TPSA) is 57.8 Å². The second-order valence-corrected chi connectivity index (χ2v) is 5.73. The normalized spacial score (nSPS) is 11.3. The van der Waals surface area contributed by atoms with Crippen LogP contribution in [0.15, 0.2) is 36.5 Å². The van der Waals surface area contributed by atoms with Crippen LogP contribution in [0.1, 0.15) is 41.9 Å². The Morgan fingerprint density at radius 2 is 2.00 bits per heavy atom. The molecule has 2 aromatic rings. The van der Waals surface area contributed by atoms with Crippen LogP contribution in [0, 0.1) is 6.92 Å². The molecule has 0 fully saturated rings. The molecule has 0 bridgehead atoms. The molecule has 0 unspecified atom stereocenters. The zero-order chi connectivity index (χ0) is 14.6. The lowest BCUT2D eigenvalue weighted by Crippen LogP contribution is -2.43. The average Bonchev–Trinajstić information content (AvgIpc) is 2.84. The van der Waals surface area contributed by atoms with Gasteiger partial charge in [-0.25, -0.2) is 0 Å². The number of H-pyrrole nitrogens is 1. The van der Waals surface area contributed by atoms with Crippen LogP contribution in [-0.2, 0) is 6.42 Å². The van der Waals surface area contributed by atoms with E-state index in [0.29, 0.717) is 5.56 Å². The molecule has 20 heavy (non-hydrogen) atoms. The maximum absolute atomic E-state index is 12.2. The summed E-state index contributed by atoms with van der Waals surface area (Å²) in [6.45, 7) is 5.94. The molecule has 106 valence electrons. The Kier molecular flexibility index (Phi) is 4.23. The quantitative estimate of drug-likeness (QED) is 0.878. The maximum atomic E-state index is 12.2. The number of nitrogens with zero attached hydrogens (tertiary/aromatic N) is 1. The predicted octanol–water partition coefficient (Wildman–Crippen LogP) is 2.86. The van der Waals surface area contributed by atoms with Gasteiger partial charge < -0.3 is 5.32 Å². The Bertz CT molecular complexity index is 572. The van der Waals surface area contributed by atoms with Gasteiger partial charge >= 0.3 is 0 Å². The number of carbonyl (C=O) groups is 1. The van der Waals surface area contributed by atoms with E-state index in [1.165, 1.54) is 5.56 Å². The Labute approximate surface area is 119 Å². The summed E-state index contributed by atoms with van der Waals surface area (Å²) >= 11 is 0. The number of aromatic nitrogens is 2. The Morgan fingerprint density at radius 1 is 1.30 bits per heavy atom. The van der Waals surface area contributed by atoms with E-state index in [2.05, 4.69) is 27.6 Å². The number of hydrogen-bond acceptors (Lipinski definition) is 2. The first-order valence-corrected chi connectivity index (χ1v) is 6.84.